The van der Waals surface area contributed by atoms with Crippen molar-refractivity contribution in [1.82, 2.24) is 0 Å². The van der Waals surface area contributed by atoms with E-state index in [0.717, 1.165) is 32.1 Å². The van der Waals surface area contributed by atoms with Crippen molar-refractivity contribution in [2.45, 2.75) is 84.8 Å². The van der Waals surface area contributed by atoms with Crippen LogP contribution in [0.5, 0.6) is 0 Å². The number of esters is 2. The van der Waals surface area contributed by atoms with Crippen molar-refractivity contribution >= 4 is 11.9 Å². The van der Waals surface area contributed by atoms with E-state index in [1.54, 1.807) is 0 Å². The van der Waals surface area contributed by atoms with Crippen molar-refractivity contribution < 1.29 is 19.1 Å². The molecule has 5 rings (SSSR count). The van der Waals surface area contributed by atoms with Gasteiger partial charge in [0.15, 0.2) is 0 Å². The summed E-state index contributed by atoms with van der Waals surface area (Å²) in [4.78, 5) is 23.6. The van der Waals surface area contributed by atoms with E-state index in [9.17, 15) is 9.59 Å². The first-order valence-electron chi connectivity index (χ1n) is 11.3. The van der Waals surface area contributed by atoms with Crippen molar-refractivity contribution in [3.05, 3.63) is 11.6 Å². The fraction of sp³-hybridized carbons (Fsp3) is 0.833. The number of carbonyl (C=O) groups is 2. The van der Waals surface area contributed by atoms with Gasteiger partial charge in [0, 0.05) is 19.3 Å². The predicted octanol–water partition coefficient (Wildman–Crippen LogP) is 4.67. The Morgan fingerprint density at radius 1 is 1.21 bits per heavy atom. The van der Waals surface area contributed by atoms with Crippen molar-refractivity contribution in [1.29, 1.82) is 0 Å². The molecule has 1 heterocycles. The van der Waals surface area contributed by atoms with Crippen LogP contribution in [0.3, 0.4) is 0 Å². The zero-order valence-corrected chi connectivity index (χ0v) is 17.7. The van der Waals surface area contributed by atoms with E-state index in [1.807, 2.05) is 0 Å². The number of rotatable bonds is 1. The highest BCUT2D eigenvalue weighted by molar-refractivity contribution is 5.75. The number of hydrogen-bond donors (Lipinski definition) is 0. The molecule has 0 radical (unpaired) electrons. The third-order valence-corrected chi connectivity index (χ3v) is 9.66. The molecule has 9 atom stereocenters. The summed E-state index contributed by atoms with van der Waals surface area (Å²) in [6, 6.07) is 0. The summed E-state index contributed by atoms with van der Waals surface area (Å²) in [5.74, 6) is 2.42. The quantitative estimate of drug-likeness (QED) is 0.485. The van der Waals surface area contributed by atoms with E-state index in [2.05, 4.69) is 26.8 Å². The van der Waals surface area contributed by atoms with Crippen LogP contribution in [0.1, 0.15) is 72.6 Å². The molecule has 4 nitrogen and oxygen atoms in total. The number of hydrogen-bond acceptors (Lipinski definition) is 4. The van der Waals surface area contributed by atoms with Gasteiger partial charge in [0.05, 0.1) is 5.92 Å². The molecule has 5 aliphatic rings. The summed E-state index contributed by atoms with van der Waals surface area (Å²) < 4.78 is 11.4. The molecule has 0 aromatic rings. The van der Waals surface area contributed by atoms with Gasteiger partial charge in [-0.3, -0.25) is 9.59 Å². The third kappa shape index (κ3) is 2.42. The first-order chi connectivity index (χ1) is 13.2. The molecular formula is C24H34O4. The Hall–Kier alpha value is -1.32. The van der Waals surface area contributed by atoms with Crippen LogP contribution in [0, 0.1) is 40.4 Å². The lowest BCUT2D eigenvalue weighted by Crippen LogP contribution is -2.51. The molecule has 1 saturated heterocycles. The van der Waals surface area contributed by atoms with E-state index in [1.165, 1.54) is 25.3 Å². The van der Waals surface area contributed by atoms with Gasteiger partial charge < -0.3 is 9.47 Å². The summed E-state index contributed by atoms with van der Waals surface area (Å²) in [5.41, 5.74) is 2.03. The van der Waals surface area contributed by atoms with Crippen LogP contribution in [-0.2, 0) is 19.1 Å². The molecule has 4 aliphatic carbocycles. The van der Waals surface area contributed by atoms with Crippen LogP contribution in [0.15, 0.2) is 11.6 Å². The molecule has 0 unspecified atom stereocenters. The Morgan fingerprint density at radius 2 is 2.00 bits per heavy atom. The lowest BCUT2D eigenvalue weighted by atomic mass is 9.47. The van der Waals surface area contributed by atoms with Gasteiger partial charge in [-0.2, -0.15) is 0 Å². The number of ether oxygens (including phenoxy) is 2. The van der Waals surface area contributed by atoms with E-state index >= 15 is 0 Å². The van der Waals surface area contributed by atoms with Gasteiger partial charge in [0.2, 0.25) is 0 Å². The summed E-state index contributed by atoms with van der Waals surface area (Å²) in [6.45, 7) is 8.53. The fourth-order valence-corrected chi connectivity index (χ4v) is 8.41. The van der Waals surface area contributed by atoms with Crippen LogP contribution in [-0.4, -0.2) is 24.1 Å². The topological polar surface area (TPSA) is 52.6 Å². The van der Waals surface area contributed by atoms with Crippen LogP contribution in [0.2, 0.25) is 0 Å². The monoisotopic (exact) mass is 386 g/mol. The van der Waals surface area contributed by atoms with Crippen molar-refractivity contribution in [2.24, 2.45) is 40.4 Å². The summed E-state index contributed by atoms with van der Waals surface area (Å²) in [6.07, 6.45) is 10.4. The Kier molecular flexibility index (Phi) is 4.07. The summed E-state index contributed by atoms with van der Waals surface area (Å²) >= 11 is 0. The highest BCUT2D eigenvalue weighted by Crippen LogP contribution is 2.68. The minimum atomic E-state index is -0.155. The lowest BCUT2D eigenvalue weighted by molar-refractivity contribution is -0.148. The fourth-order valence-electron chi connectivity index (χ4n) is 8.41. The zero-order chi connectivity index (χ0) is 19.8. The minimum Gasteiger partial charge on any atom is -0.462 e. The minimum absolute atomic E-state index is 0.0263. The first-order valence-corrected chi connectivity index (χ1v) is 11.3. The van der Waals surface area contributed by atoms with Gasteiger partial charge in [0.25, 0.3) is 0 Å². The van der Waals surface area contributed by atoms with E-state index in [-0.39, 0.29) is 40.9 Å². The van der Waals surface area contributed by atoms with Crippen molar-refractivity contribution in [3.63, 3.8) is 0 Å². The molecular weight excluding hydrogens is 352 g/mol. The SMILES string of the molecule is CC(=O)O[C@H]1CC[C@@]2(C)C(=CC[C@H]3[C@H]4C[C@@H]5OC(=O)[C@@H](C)[C@@H]5[C@@]4(C)CC[C@@H]32)C1. The highest BCUT2D eigenvalue weighted by atomic mass is 16.6. The van der Waals surface area contributed by atoms with Gasteiger partial charge in [-0.1, -0.05) is 32.4 Å². The largest absolute Gasteiger partial charge is 0.462 e. The molecule has 1 aliphatic heterocycles. The molecule has 154 valence electrons. The lowest BCUT2D eigenvalue weighted by Gasteiger charge is -2.58. The molecule has 0 aromatic carbocycles. The molecule has 28 heavy (non-hydrogen) atoms. The molecule has 4 heteroatoms. The van der Waals surface area contributed by atoms with Crippen LogP contribution in [0.4, 0.5) is 0 Å². The second-order valence-corrected chi connectivity index (χ2v) is 10.8. The zero-order valence-electron chi connectivity index (χ0n) is 17.7. The molecule has 0 spiro atoms. The molecule has 4 fully saturated rings. The number of fused-ring (bicyclic) bond motifs is 7. The maximum atomic E-state index is 12.2. The standard InChI is InChI=1S/C24H34O4/c1-13-21-20(28-22(13)26)12-19-17-6-5-15-11-16(27-14(2)25)7-9-23(15,3)18(17)8-10-24(19,21)4/h5,13,16-21H,6-12H2,1-4H3/t13-,16-,17+,18-,19+,20-,21-,23-,24-/m0/s1. The molecule has 0 bridgehead atoms. The first kappa shape index (κ1) is 18.7. The van der Waals surface area contributed by atoms with Crippen LogP contribution >= 0.6 is 0 Å². The predicted molar refractivity (Wildman–Crippen MR) is 105 cm³/mol. The Labute approximate surface area is 168 Å². The normalized spacial score (nSPS) is 51.9. The van der Waals surface area contributed by atoms with Crippen molar-refractivity contribution in [2.75, 3.05) is 0 Å². The maximum absolute atomic E-state index is 12.2. The smallest absolute Gasteiger partial charge is 0.309 e. The molecule has 0 N–H and O–H groups in total. The van der Waals surface area contributed by atoms with Crippen LogP contribution in [0.25, 0.3) is 0 Å². The average molecular weight is 387 g/mol. The van der Waals surface area contributed by atoms with Crippen LogP contribution < -0.4 is 0 Å². The number of carbonyl (C=O) groups excluding carboxylic acids is 2. The van der Waals surface area contributed by atoms with E-state index in [0.29, 0.717) is 23.7 Å². The van der Waals surface area contributed by atoms with Gasteiger partial charge in [-0.15, -0.1) is 0 Å². The van der Waals surface area contributed by atoms with Gasteiger partial charge >= 0.3 is 11.9 Å². The van der Waals surface area contributed by atoms with E-state index in [4.69, 9.17) is 9.47 Å². The number of allylic oxidation sites excluding steroid dienone is 1. The van der Waals surface area contributed by atoms with Gasteiger partial charge in [-0.25, -0.2) is 0 Å². The maximum Gasteiger partial charge on any atom is 0.309 e. The third-order valence-electron chi connectivity index (χ3n) is 9.66. The summed E-state index contributed by atoms with van der Waals surface area (Å²) in [7, 11) is 0. The Morgan fingerprint density at radius 3 is 2.75 bits per heavy atom. The molecule has 0 amide bonds. The highest BCUT2D eigenvalue weighted by Gasteiger charge is 2.65. The van der Waals surface area contributed by atoms with E-state index < -0.39 is 0 Å². The Bertz CT molecular complexity index is 741. The Balaban J connectivity index is 1.42. The van der Waals surface area contributed by atoms with Crippen molar-refractivity contribution in [3.8, 4) is 0 Å². The van der Waals surface area contributed by atoms with Gasteiger partial charge in [0.1, 0.15) is 12.2 Å². The second kappa shape index (κ2) is 6.09. The van der Waals surface area contributed by atoms with Gasteiger partial charge in [-0.05, 0) is 67.1 Å². The molecule has 0 aromatic heterocycles. The summed E-state index contributed by atoms with van der Waals surface area (Å²) in [5, 5.41) is 0. The second-order valence-electron chi connectivity index (χ2n) is 10.8. The average Bonchev–Trinajstić information content (AvgIpc) is 3.08. The molecule has 3 saturated carbocycles.